The zero-order valence-electron chi connectivity index (χ0n) is 9.82. The Morgan fingerprint density at radius 1 is 1.47 bits per heavy atom. The van der Waals surface area contributed by atoms with Gasteiger partial charge in [0, 0.05) is 18.2 Å². The molecular formula is C12H21NOS. The minimum atomic E-state index is 0.522. The Labute approximate surface area is 96.8 Å². The maximum Gasteiger partial charge on any atom is 0.105 e. The van der Waals surface area contributed by atoms with Gasteiger partial charge < -0.3 is 9.73 Å². The lowest BCUT2D eigenvalue weighted by Gasteiger charge is -2.17. The summed E-state index contributed by atoms with van der Waals surface area (Å²) in [7, 11) is 0. The maximum atomic E-state index is 5.37. The van der Waals surface area contributed by atoms with E-state index in [2.05, 4.69) is 26.1 Å². The molecule has 1 atom stereocenters. The largest absolute Gasteiger partial charge is 0.469 e. The Hall–Kier alpha value is -0.410. The van der Waals surface area contributed by atoms with Crippen LogP contribution < -0.4 is 5.32 Å². The van der Waals surface area contributed by atoms with Crippen molar-refractivity contribution in [1.29, 1.82) is 0 Å². The first kappa shape index (κ1) is 12.7. The summed E-state index contributed by atoms with van der Waals surface area (Å²) in [6.07, 6.45) is 2.73. The van der Waals surface area contributed by atoms with Crippen molar-refractivity contribution in [2.24, 2.45) is 0 Å². The Balaban J connectivity index is 2.36. The molecule has 1 aromatic heterocycles. The van der Waals surface area contributed by atoms with Crippen LogP contribution in [0.1, 0.15) is 26.5 Å². The van der Waals surface area contributed by atoms with E-state index in [1.165, 1.54) is 0 Å². The van der Waals surface area contributed by atoms with E-state index < -0.39 is 0 Å². The zero-order chi connectivity index (χ0) is 11.1. The van der Waals surface area contributed by atoms with Gasteiger partial charge in [-0.3, -0.25) is 0 Å². The first-order valence-corrected chi connectivity index (χ1v) is 6.64. The van der Waals surface area contributed by atoms with E-state index in [-0.39, 0.29) is 0 Å². The standard InChI is InChI=1S/C12H21NOS/c1-4-13-11(9-15-10(2)3)8-12-6-5-7-14-12/h5-7,10-11,13H,4,8-9H2,1-3H3. The predicted molar refractivity (Wildman–Crippen MR) is 67.5 cm³/mol. The molecule has 15 heavy (non-hydrogen) atoms. The van der Waals surface area contributed by atoms with Gasteiger partial charge in [0.05, 0.1) is 6.26 Å². The fourth-order valence-corrected chi connectivity index (χ4v) is 2.31. The van der Waals surface area contributed by atoms with Crippen molar-refractivity contribution >= 4 is 11.8 Å². The number of furan rings is 1. The summed E-state index contributed by atoms with van der Waals surface area (Å²) in [6, 6.07) is 4.52. The molecule has 0 bridgehead atoms. The van der Waals surface area contributed by atoms with Crippen LogP contribution in [0, 0.1) is 0 Å². The van der Waals surface area contributed by atoms with Gasteiger partial charge in [0.25, 0.3) is 0 Å². The average molecular weight is 227 g/mol. The van der Waals surface area contributed by atoms with Gasteiger partial charge >= 0.3 is 0 Å². The number of hydrogen-bond acceptors (Lipinski definition) is 3. The zero-order valence-corrected chi connectivity index (χ0v) is 10.6. The van der Waals surface area contributed by atoms with Crippen LogP contribution in [0.4, 0.5) is 0 Å². The molecule has 1 N–H and O–H groups in total. The topological polar surface area (TPSA) is 25.2 Å². The third-order valence-electron chi connectivity index (χ3n) is 2.15. The SMILES string of the molecule is CCNC(CSC(C)C)Cc1ccco1. The lowest BCUT2D eigenvalue weighted by Crippen LogP contribution is -2.33. The first-order chi connectivity index (χ1) is 7.22. The molecule has 3 heteroatoms. The van der Waals surface area contributed by atoms with Crippen LogP contribution in [0.2, 0.25) is 0 Å². The minimum Gasteiger partial charge on any atom is -0.469 e. The Morgan fingerprint density at radius 2 is 2.27 bits per heavy atom. The molecule has 0 spiro atoms. The van der Waals surface area contributed by atoms with Gasteiger partial charge in [0.15, 0.2) is 0 Å². The van der Waals surface area contributed by atoms with Crippen LogP contribution in [0.25, 0.3) is 0 Å². The minimum absolute atomic E-state index is 0.522. The number of nitrogens with one attached hydrogen (secondary N) is 1. The van der Waals surface area contributed by atoms with Gasteiger partial charge in [-0.05, 0) is 23.9 Å². The maximum absolute atomic E-state index is 5.37. The number of hydrogen-bond donors (Lipinski definition) is 1. The van der Waals surface area contributed by atoms with E-state index in [1.54, 1.807) is 6.26 Å². The van der Waals surface area contributed by atoms with Crippen LogP contribution in [-0.4, -0.2) is 23.6 Å². The fourth-order valence-electron chi connectivity index (χ4n) is 1.46. The molecule has 0 radical (unpaired) electrons. The Kier molecular flexibility index (Phi) is 5.88. The van der Waals surface area contributed by atoms with Gasteiger partial charge in [-0.2, -0.15) is 11.8 Å². The molecule has 1 rings (SSSR count). The molecule has 0 amide bonds. The van der Waals surface area contributed by atoms with Crippen molar-refractivity contribution < 1.29 is 4.42 Å². The third kappa shape index (κ3) is 5.28. The smallest absolute Gasteiger partial charge is 0.105 e. The molecule has 1 unspecified atom stereocenters. The average Bonchev–Trinajstić information content (AvgIpc) is 2.67. The summed E-state index contributed by atoms with van der Waals surface area (Å²) >= 11 is 2.00. The van der Waals surface area contributed by atoms with Crippen LogP contribution in [0.15, 0.2) is 22.8 Å². The van der Waals surface area contributed by atoms with Gasteiger partial charge in [0.1, 0.15) is 5.76 Å². The quantitative estimate of drug-likeness (QED) is 0.775. The molecule has 0 saturated carbocycles. The molecule has 0 aliphatic heterocycles. The molecule has 0 saturated heterocycles. The summed E-state index contributed by atoms with van der Waals surface area (Å²) in [4.78, 5) is 0. The molecule has 0 fully saturated rings. The first-order valence-electron chi connectivity index (χ1n) is 5.59. The number of rotatable bonds is 7. The monoisotopic (exact) mass is 227 g/mol. The van der Waals surface area contributed by atoms with E-state index in [0.717, 1.165) is 24.5 Å². The van der Waals surface area contributed by atoms with Gasteiger partial charge in [-0.15, -0.1) is 0 Å². The fraction of sp³-hybridized carbons (Fsp3) is 0.667. The summed E-state index contributed by atoms with van der Waals surface area (Å²) < 4.78 is 5.37. The number of thioether (sulfide) groups is 1. The Morgan fingerprint density at radius 3 is 2.80 bits per heavy atom. The summed E-state index contributed by atoms with van der Waals surface area (Å²) in [5.41, 5.74) is 0. The highest BCUT2D eigenvalue weighted by Crippen LogP contribution is 2.13. The van der Waals surface area contributed by atoms with Crippen LogP contribution in [0.5, 0.6) is 0 Å². The van der Waals surface area contributed by atoms with Gasteiger partial charge in [-0.1, -0.05) is 20.8 Å². The van der Waals surface area contributed by atoms with Crippen LogP contribution in [0.3, 0.4) is 0 Å². The summed E-state index contributed by atoms with van der Waals surface area (Å²) in [5.74, 6) is 2.22. The second-order valence-electron chi connectivity index (χ2n) is 3.92. The lowest BCUT2D eigenvalue weighted by atomic mass is 10.2. The second kappa shape index (κ2) is 6.96. The highest BCUT2D eigenvalue weighted by Gasteiger charge is 2.10. The molecule has 0 aliphatic carbocycles. The lowest BCUT2D eigenvalue weighted by molar-refractivity contribution is 0.465. The molecule has 86 valence electrons. The van der Waals surface area contributed by atoms with E-state index >= 15 is 0 Å². The normalized spacial score (nSPS) is 13.3. The highest BCUT2D eigenvalue weighted by molar-refractivity contribution is 7.99. The molecule has 0 aliphatic rings. The molecule has 0 aromatic carbocycles. The molecule has 1 heterocycles. The summed E-state index contributed by atoms with van der Waals surface area (Å²) in [5, 5.41) is 4.19. The van der Waals surface area contributed by atoms with Crippen LogP contribution in [-0.2, 0) is 6.42 Å². The van der Waals surface area contributed by atoms with E-state index in [9.17, 15) is 0 Å². The van der Waals surface area contributed by atoms with Crippen molar-refractivity contribution in [3.8, 4) is 0 Å². The predicted octanol–water partition coefficient (Wildman–Crippen LogP) is 2.94. The van der Waals surface area contributed by atoms with E-state index in [0.29, 0.717) is 11.3 Å². The van der Waals surface area contributed by atoms with Crippen LogP contribution >= 0.6 is 11.8 Å². The van der Waals surface area contributed by atoms with Crippen molar-refractivity contribution in [2.75, 3.05) is 12.3 Å². The second-order valence-corrected chi connectivity index (χ2v) is 5.53. The highest BCUT2D eigenvalue weighted by atomic mass is 32.2. The van der Waals surface area contributed by atoms with E-state index in [1.807, 2.05) is 23.9 Å². The van der Waals surface area contributed by atoms with Gasteiger partial charge in [-0.25, -0.2) is 0 Å². The summed E-state index contributed by atoms with van der Waals surface area (Å²) in [6.45, 7) is 7.64. The van der Waals surface area contributed by atoms with Gasteiger partial charge in [0.2, 0.25) is 0 Å². The van der Waals surface area contributed by atoms with Crippen molar-refractivity contribution in [3.05, 3.63) is 24.2 Å². The molecule has 2 nitrogen and oxygen atoms in total. The Bertz CT molecular complexity index is 246. The third-order valence-corrected chi connectivity index (χ3v) is 3.41. The van der Waals surface area contributed by atoms with E-state index in [4.69, 9.17) is 4.42 Å². The van der Waals surface area contributed by atoms with Crippen molar-refractivity contribution in [1.82, 2.24) is 5.32 Å². The number of likely N-dealkylation sites (N-methyl/N-ethyl adjacent to an activating group) is 1. The molecule has 1 aromatic rings. The van der Waals surface area contributed by atoms with Crippen molar-refractivity contribution in [2.45, 2.75) is 38.5 Å². The molecular weight excluding hydrogens is 206 g/mol. The van der Waals surface area contributed by atoms with Crippen molar-refractivity contribution in [3.63, 3.8) is 0 Å².